The van der Waals surface area contributed by atoms with E-state index in [0.29, 0.717) is 10.8 Å². The van der Waals surface area contributed by atoms with Gasteiger partial charge in [-0.05, 0) is 24.4 Å². The Morgan fingerprint density at radius 1 is 1.09 bits per heavy atom. The second kappa shape index (κ2) is 7.92. The molecule has 0 atom stereocenters. The molecule has 2 heterocycles. The highest BCUT2D eigenvalue weighted by Crippen LogP contribution is 2.31. The van der Waals surface area contributed by atoms with Crippen LogP contribution in [0.5, 0.6) is 0 Å². The van der Waals surface area contributed by atoms with Crippen LogP contribution >= 0.6 is 11.3 Å². The number of hydrogen-bond donors (Lipinski definition) is 1. The Hall–Kier alpha value is -4.44. The Balaban J connectivity index is 1.55. The van der Waals surface area contributed by atoms with Crippen molar-refractivity contribution in [3.63, 3.8) is 0 Å². The van der Waals surface area contributed by atoms with Crippen LogP contribution in [-0.4, -0.2) is 25.6 Å². The summed E-state index contributed by atoms with van der Waals surface area (Å²) >= 11 is 1.28. The highest BCUT2D eigenvalue weighted by molar-refractivity contribution is 7.22. The molecule has 1 amide bonds. The average Bonchev–Trinajstić information content (AvgIpc) is 3.22. The number of carbonyl (C=O) groups is 1. The standard InChI is InChI=1S/C23H15N5O4S/c1-13-12-18(29)21(26-27(13)16-8-4-5-9-17(16)28(31)32)22(30)25-23-24-20-15-7-3-2-6-14(15)10-11-19(20)33-23/h2-12H,1H3,(H,24,25,30). The molecule has 0 fully saturated rings. The lowest BCUT2D eigenvalue weighted by molar-refractivity contribution is -0.384. The van der Waals surface area contributed by atoms with E-state index in [2.05, 4.69) is 15.4 Å². The number of nitro groups is 1. The number of nitrogens with zero attached hydrogens (tertiary/aromatic N) is 4. The largest absolute Gasteiger partial charge is 0.296 e. The molecule has 33 heavy (non-hydrogen) atoms. The van der Waals surface area contributed by atoms with Gasteiger partial charge in [0.2, 0.25) is 5.43 Å². The van der Waals surface area contributed by atoms with Gasteiger partial charge in [0.25, 0.3) is 11.6 Å². The molecule has 0 bridgehead atoms. The number of nitro benzene ring substituents is 1. The van der Waals surface area contributed by atoms with Gasteiger partial charge >= 0.3 is 0 Å². The molecule has 0 spiro atoms. The number of para-hydroxylation sites is 2. The molecule has 2 aromatic heterocycles. The molecule has 9 nitrogen and oxygen atoms in total. The predicted octanol–water partition coefficient (Wildman–Crippen LogP) is 4.46. The fourth-order valence-corrected chi connectivity index (χ4v) is 4.49. The van der Waals surface area contributed by atoms with Gasteiger partial charge < -0.3 is 0 Å². The number of aryl methyl sites for hydroxylation is 1. The van der Waals surface area contributed by atoms with Crippen molar-refractivity contribution in [2.75, 3.05) is 5.32 Å². The zero-order valence-electron chi connectivity index (χ0n) is 17.2. The molecule has 1 N–H and O–H groups in total. The zero-order chi connectivity index (χ0) is 23.1. The highest BCUT2D eigenvalue weighted by Gasteiger charge is 2.21. The van der Waals surface area contributed by atoms with Crippen LogP contribution < -0.4 is 10.7 Å². The third kappa shape index (κ3) is 3.62. The van der Waals surface area contributed by atoms with Crippen molar-refractivity contribution in [2.45, 2.75) is 6.92 Å². The minimum Gasteiger partial charge on any atom is -0.296 e. The zero-order valence-corrected chi connectivity index (χ0v) is 18.0. The van der Waals surface area contributed by atoms with E-state index in [-0.39, 0.29) is 17.1 Å². The first-order valence-electron chi connectivity index (χ1n) is 9.87. The summed E-state index contributed by atoms with van der Waals surface area (Å²) in [5.41, 5.74) is 0.0934. The average molecular weight is 457 g/mol. The number of amides is 1. The van der Waals surface area contributed by atoms with Crippen molar-refractivity contribution < 1.29 is 9.72 Å². The van der Waals surface area contributed by atoms with E-state index in [4.69, 9.17) is 0 Å². The molecule has 0 saturated heterocycles. The van der Waals surface area contributed by atoms with Gasteiger partial charge in [-0.15, -0.1) is 0 Å². The molecule has 5 rings (SSSR count). The predicted molar refractivity (Wildman–Crippen MR) is 126 cm³/mol. The summed E-state index contributed by atoms with van der Waals surface area (Å²) in [4.78, 5) is 40.9. The normalized spacial score (nSPS) is 11.1. The van der Waals surface area contributed by atoms with Crippen molar-refractivity contribution in [3.8, 4) is 5.69 Å². The fraction of sp³-hybridized carbons (Fsp3) is 0.0435. The minimum absolute atomic E-state index is 0.153. The second-order valence-electron chi connectivity index (χ2n) is 7.26. The number of benzene rings is 3. The maximum atomic E-state index is 12.9. The number of anilines is 1. The lowest BCUT2D eigenvalue weighted by Crippen LogP contribution is -2.27. The summed E-state index contributed by atoms with van der Waals surface area (Å²) in [5, 5.41) is 20.5. The summed E-state index contributed by atoms with van der Waals surface area (Å²) in [6.45, 7) is 1.59. The number of fused-ring (bicyclic) bond motifs is 3. The molecule has 162 valence electrons. The molecule has 0 saturated carbocycles. The van der Waals surface area contributed by atoms with Crippen LogP contribution in [0.1, 0.15) is 16.2 Å². The van der Waals surface area contributed by atoms with Crippen molar-refractivity contribution in [1.29, 1.82) is 0 Å². The van der Waals surface area contributed by atoms with Crippen molar-refractivity contribution in [2.24, 2.45) is 0 Å². The molecule has 10 heteroatoms. The number of rotatable bonds is 4. The van der Waals surface area contributed by atoms with Gasteiger partial charge in [0.1, 0.15) is 5.69 Å². The van der Waals surface area contributed by atoms with E-state index in [1.807, 2.05) is 36.4 Å². The van der Waals surface area contributed by atoms with Crippen LogP contribution in [0.4, 0.5) is 10.8 Å². The van der Waals surface area contributed by atoms with Crippen LogP contribution in [0.3, 0.4) is 0 Å². The molecule has 0 unspecified atom stereocenters. The van der Waals surface area contributed by atoms with Crippen molar-refractivity contribution in [1.82, 2.24) is 14.8 Å². The van der Waals surface area contributed by atoms with Gasteiger partial charge in [-0.1, -0.05) is 53.8 Å². The Bertz CT molecular complexity index is 1640. The topological polar surface area (TPSA) is 120 Å². The maximum absolute atomic E-state index is 12.9. The van der Waals surface area contributed by atoms with E-state index in [1.165, 1.54) is 40.3 Å². The Labute approximate surface area is 190 Å². The molecular weight excluding hydrogens is 442 g/mol. The highest BCUT2D eigenvalue weighted by atomic mass is 32.1. The van der Waals surface area contributed by atoms with Crippen LogP contribution in [0.15, 0.2) is 71.5 Å². The first-order chi connectivity index (χ1) is 15.9. The molecule has 0 aliphatic carbocycles. The molecule has 0 aliphatic rings. The summed E-state index contributed by atoms with van der Waals surface area (Å²) in [6, 6.07) is 18.9. The number of thiazole rings is 1. The Morgan fingerprint density at radius 2 is 1.85 bits per heavy atom. The molecule has 5 aromatic rings. The Kier molecular flexibility index (Phi) is 4.91. The summed E-state index contributed by atoms with van der Waals surface area (Å²) in [7, 11) is 0. The molecule has 3 aromatic carbocycles. The van der Waals surface area contributed by atoms with E-state index < -0.39 is 16.3 Å². The molecule has 0 aliphatic heterocycles. The van der Waals surface area contributed by atoms with E-state index >= 15 is 0 Å². The smallest absolute Gasteiger partial charge is 0.294 e. The lowest BCUT2D eigenvalue weighted by atomic mass is 10.1. The van der Waals surface area contributed by atoms with E-state index in [1.54, 1.807) is 13.0 Å². The second-order valence-corrected chi connectivity index (χ2v) is 8.29. The lowest BCUT2D eigenvalue weighted by Gasteiger charge is -2.11. The van der Waals surface area contributed by atoms with Crippen LogP contribution in [-0.2, 0) is 0 Å². The quantitative estimate of drug-likeness (QED) is 0.314. The Morgan fingerprint density at radius 3 is 2.67 bits per heavy atom. The van der Waals surface area contributed by atoms with Crippen LogP contribution in [0, 0.1) is 17.0 Å². The van der Waals surface area contributed by atoms with Crippen molar-refractivity contribution in [3.05, 3.63) is 98.5 Å². The van der Waals surface area contributed by atoms with Gasteiger partial charge in [-0.3, -0.25) is 25.0 Å². The van der Waals surface area contributed by atoms with Crippen LogP contribution in [0.25, 0.3) is 26.7 Å². The van der Waals surface area contributed by atoms with Crippen LogP contribution in [0.2, 0.25) is 0 Å². The van der Waals surface area contributed by atoms with Gasteiger partial charge in [-0.2, -0.15) is 5.10 Å². The summed E-state index contributed by atoms with van der Waals surface area (Å²) < 4.78 is 2.11. The van der Waals surface area contributed by atoms with Gasteiger partial charge in [-0.25, -0.2) is 9.67 Å². The monoisotopic (exact) mass is 457 g/mol. The van der Waals surface area contributed by atoms with Gasteiger partial charge in [0, 0.05) is 23.2 Å². The van der Waals surface area contributed by atoms with Gasteiger partial charge in [0.05, 0.1) is 15.1 Å². The summed E-state index contributed by atoms with van der Waals surface area (Å²) in [5.74, 6) is -0.740. The first-order valence-corrected chi connectivity index (χ1v) is 10.7. The first kappa shape index (κ1) is 20.5. The number of carbonyl (C=O) groups excluding carboxylic acids is 1. The number of nitrogens with one attached hydrogen (secondary N) is 1. The van der Waals surface area contributed by atoms with E-state index in [0.717, 1.165) is 21.0 Å². The third-order valence-corrected chi connectivity index (χ3v) is 6.07. The number of aromatic nitrogens is 3. The third-order valence-electron chi connectivity index (χ3n) is 5.13. The number of hydrogen-bond acceptors (Lipinski definition) is 7. The van der Waals surface area contributed by atoms with E-state index in [9.17, 15) is 19.7 Å². The fourth-order valence-electron chi connectivity index (χ4n) is 3.62. The molecule has 0 radical (unpaired) electrons. The maximum Gasteiger partial charge on any atom is 0.294 e. The van der Waals surface area contributed by atoms with Crippen molar-refractivity contribution >= 4 is 49.1 Å². The van der Waals surface area contributed by atoms with Gasteiger partial charge in [0.15, 0.2) is 10.8 Å². The molecular formula is C23H15N5O4S. The minimum atomic E-state index is -0.740. The summed E-state index contributed by atoms with van der Waals surface area (Å²) in [6.07, 6.45) is 0. The SMILES string of the molecule is Cc1cc(=O)c(C(=O)Nc2nc3c(ccc4ccccc43)s2)nn1-c1ccccc1[N+](=O)[O-].